The predicted molar refractivity (Wildman–Crippen MR) is 78.6 cm³/mol. The summed E-state index contributed by atoms with van der Waals surface area (Å²) in [4.78, 5) is 10.5. The Morgan fingerprint density at radius 2 is 1.86 bits per heavy atom. The van der Waals surface area contributed by atoms with Crippen LogP contribution in [0.2, 0.25) is 10.0 Å². The zero-order chi connectivity index (χ0) is 14.7. The van der Waals surface area contributed by atoms with Crippen LogP contribution in [0.4, 0.5) is 5.69 Å². The second kappa shape index (κ2) is 8.09. The number of halogens is 2. The Hall–Kier alpha value is -0.676. The van der Waals surface area contributed by atoms with Crippen LogP contribution in [0.3, 0.4) is 0 Å². The molecule has 2 rings (SSSR count). The van der Waals surface area contributed by atoms with Gasteiger partial charge in [0.1, 0.15) is 6.61 Å². The third-order valence-electron chi connectivity index (χ3n) is 2.69. The Bertz CT molecular complexity index is 665. The Morgan fingerprint density at radius 3 is 2.48 bits per heavy atom. The van der Waals surface area contributed by atoms with Crippen molar-refractivity contribution in [1.29, 1.82) is 0 Å². The maximum absolute atomic E-state index is 11.0. The van der Waals surface area contributed by atoms with Gasteiger partial charge >= 0.3 is 5.69 Å². The first-order valence-electron chi connectivity index (χ1n) is 5.79. The first-order valence-corrected chi connectivity index (χ1v) is 6.55. The minimum absolute atomic E-state index is 0. The van der Waals surface area contributed by atoms with E-state index >= 15 is 0 Å². The molecule has 0 N–H and O–H groups in total. The quantitative estimate of drug-likeness (QED) is 0.547. The molecular formula is C14H11Cl2NO3Y. The zero-order valence-corrected chi connectivity index (χ0v) is 15.5. The number of rotatable bonds is 4. The molecule has 21 heavy (non-hydrogen) atoms. The van der Waals surface area contributed by atoms with E-state index in [4.69, 9.17) is 27.9 Å². The summed E-state index contributed by atoms with van der Waals surface area (Å²) in [5.41, 5.74) is 1.54. The number of aryl methyl sites for hydroxylation is 1. The summed E-state index contributed by atoms with van der Waals surface area (Å²) >= 11 is 11.7. The molecular weight excluding hydrogens is 390 g/mol. The van der Waals surface area contributed by atoms with Gasteiger partial charge in [0.25, 0.3) is 0 Å². The Morgan fingerprint density at radius 1 is 1.14 bits per heavy atom. The SMILES string of the molecule is Cc1ccc(OCc2ccc(Cl)c(Cl)c2)c([N+](=O)[O-])c1.[Y]. The number of hydrogen-bond acceptors (Lipinski definition) is 3. The second-order valence-corrected chi connectivity index (χ2v) is 5.08. The third kappa shape index (κ3) is 4.92. The van der Waals surface area contributed by atoms with Crippen molar-refractivity contribution in [3.05, 3.63) is 67.7 Å². The van der Waals surface area contributed by atoms with Gasteiger partial charge in [-0.2, -0.15) is 0 Å². The minimum Gasteiger partial charge on any atom is -0.482 e. The van der Waals surface area contributed by atoms with Gasteiger partial charge in [-0.15, -0.1) is 0 Å². The number of nitro benzene ring substituents is 1. The maximum atomic E-state index is 11.0. The molecule has 0 saturated heterocycles. The van der Waals surface area contributed by atoms with E-state index in [1.165, 1.54) is 6.07 Å². The van der Waals surface area contributed by atoms with Crippen LogP contribution in [0.25, 0.3) is 0 Å². The van der Waals surface area contributed by atoms with Gasteiger partial charge in [0, 0.05) is 38.8 Å². The van der Waals surface area contributed by atoms with E-state index in [1.807, 2.05) is 0 Å². The third-order valence-corrected chi connectivity index (χ3v) is 3.43. The van der Waals surface area contributed by atoms with Gasteiger partial charge in [-0.3, -0.25) is 10.1 Å². The van der Waals surface area contributed by atoms with E-state index in [-0.39, 0.29) is 50.8 Å². The summed E-state index contributed by atoms with van der Waals surface area (Å²) in [6.07, 6.45) is 0. The summed E-state index contributed by atoms with van der Waals surface area (Å²) in [7, 11) is 0. The fourth-order valence-corrected chi connectivity index (χ4v) is 2.00. The van der Waals surface area contributed by atoms with Crippen LogP contribution in [0.5, 0.6) is 5.75 Å². The summed E-state index contributed by atoms with van der Waals surface area (Å²) < 4.78 is 5.49. The standard InChI is InChI=1S/C14H11Cl2NO3.Y/c1-9-2-5-14(13(6-9)17(18)19)20-8-10-3-4-11(15)12(16)7-10;/h2-7H,8H2,1H3;. The van der Waals surface area contributed by atoms with Crippen LogP contribution in [0, 0.1) is 17.0 Å². The zero-order valence-electron chi connectivity index (χ0n) is 11.2. The van der Waals surface area contributed by atoms with E-state index in [1.54, 1.807) is 37.3 Å². The molecule has 0 spiro atoms. The monoisotopic (exact) mass is 400 g/mol. The van der Waals surface area contributed by atoms with Crippen LogP contribution in [-0.2, 0) is 39.3 Å². The fourth-order valence-electron chi connectivity index (χ4n) is 1.68. The molecule has 0 atom stereocenters. The predicted octanol–water partition coefficient (Wildman–Crippen LogP) is 4.79. The molecule has 0 aromatic heterocycles. The van der Waals surface area contributed by atoms with Gasteiger partial charge in [0.05, 0.1) is 15.0 Å². The van der Waals surface area contributed by atoms with Crippen molar-refractivity contribution in [1.82, 2.24) is 0 Å². The molecule has 4 nitrogen and oxygen atoms in total. The van der Waals surface area contributed by atoms with Crippen molar-refractivity contribution in [3.8, 4) is 5.75 Å². The molecule has 7 heteroatoms. The van der Waals surface area contributed by atoms with Crippen molar-refractivity contribution in [3.63, 3.8) is 0 Å². The second-order valence-electron chi connectivity index (χ2n) is 4.27. The van der Waals surface area contributed by atoms with E-state index in [2.05, 4.69) is 0 Å². The van der Waals surface area contributed by atoms with Crippen molar-refractivity contribution in [2.24, 2.45) is 0 Å². The van der Waals surface area contributed by atoms with Crippen molar-refractivity contribution in [2.75, 3.05) is 0 Å². The van der Waals surface area contributed by atoms with E-state index in [0.717, 1.165) is 11.1 Å². The molecule has 0 bridgehead atoms. The molecule has 0 fully saturated rings. The Labute approximate surface area is 157 Å². The maximum Gasteiger partial charge on any atom is 0.311 e. The number of hydrogen-bond donors (Lipinski definition) is 0. The number of ether oxygens (including phenoxy) is 1. The van der Waals surface area contributed by atoms with E-state index in [9.17, 15) is 10.1 Å². The molecule has 0 aliphatic carbocycles. The van der Waals surface area contributed by atoms with E-state index < -0.39 is 4.92 Å². The van der Waals surface area contributed by atoms with Crippen molar-refractivity contribution < 1.29 is 42.4 Å². The normalized spacial score (nSPS) is 9.86. The first kappa shape index (κ1) is 18.4. The minimum atomic E-state index is -0.461. The van der Waals surface area contributed by atoms with Gasteiger partial charge in [0.15, 0.2) is 5.75 Å². The van der Waals surface area contributed by atoms with Gasteiger partial charge < -0.3 is 4.74 Å². The molecule has 0 aliphatic heterocycles. The smallest absolute Gasteiger partial charge is 0.311 e. The van der Waals surface area contributed by atoms with Crippen molar-refractivity contribution >= 4 is 28.9 Å². The van der Waals surface area contributed by atoms with Gasteiger partial charge in [-0.25, -0.2) is 0 Å². The molecule has 1 radical (unpaired) electrons. The van der Waals surface area contributed by atoms with Crippen LogP contribution in [0.1, 0.15) is 11.1 Å². The Balaban J connectivity index is 0.00000220. The van der Waals surface area contributed by atoms with Gasteiger partial charge in [0.2, 0.25) is 0 Å². The van der Waals surface area contributed by atoms with Crippen LogP contribution in [-0.4, -0.2) is 4.92 Å². The summed E-state index contributed by atoms with van der Waals surface area (Å²) in [6.45, 7) is 1.97. The first-order chi connectivity index (χ1) is 9.47. The summed E-state index contributed by atoms with van der Waals surface area (Å²) in [6, 6.07) is 9.91. The average molecular weight is 401 g/mol. The number of nitro groups is 1. The molecule has 0 heterocycles. The van der Waals surface area contributed by atoms with E-state index in [0.29, 0.717) is 10.0 Å². The summed E-state index contributed by atoms with van der Waals surface area (Å²) in [5.74, 6) is 0.228. The van der Waals surface area contributed by atoms with Crippen LogP contribution in [0.15, 0.2) is 36.4 Å². The molecule has 107 valence electrons. The largest absolute Gasteiger partial charge is 0.482 e. The molecule has 0 unspecified atom stereocenters. The summed E-state index contributed by atoms with van der Waals surface area (Å²) in [5, 5.41) is 11.8. The number of nitrogens with zero attached hydrogens (tertiary/aromatic N) is 1. The topological polar surface area (TPSA) is 52.4 Å². The molecule has 0 saturated carbocycles. The molecule has 2 aromatic carbocycles. The van der Waals surface area contributed by atoms with Crippen LogP contribution >= 0.6 is 23.2 Å². The Kier molecular flexibility index (Phi) is 7.08. The van der Waals surface area contributed by atoms with Gasteiger partial charge in [-0.05, 0) is 36.2 Å². The number of benzene rings is 2. The molecule has 2 aromatic rings. The van der Waals surface area contributed by atoms with Crippen LogP contribution < -0.4 is 4.74 Å². The van der Waals surface area contributed by atoms with Crippen molar-refractivity contribution in [2.45, 2.75) is 13.5 Å². The fraction of sp³-hybridized carbons (Fsp3) is 0.143. The molecule has 0 aliphatic rings. The van der Waals surface area contributed by atoms with Gasteiger partial charge in [-0.1, -0.05) is 35.3 Å². The average Bonchev–Trinajstić information content (AvgIpc) is 2.41. The molecule has 0 amide bonds.